The van der Waals surface area contributed by atoms with Gasteiger partial charge in [-0.15, -0.1) is 0 Å². The van der Waals surface area contributed by atoms with Crippen molar-refractivity contribution < 1.29 is 4.79 Å². The van der Waals surface area contributed by atoms with Crippen LogP contribution in [0.1, 0.15) is 34.8 Å². The van der Waals surface area contributed by atoms with Crippen LogP contribution < -0.4 is 11.3 Å². The summed E-state index contributed by atoms with van der Waals surface area (Å²) in [4.78, 5) is 12.4. The maximum absolute atomic E-state index is 12.4. The number of aromatic nitrogens is 2. The number of nitrogens with two attached hydrogens (primary N) is 1. The van der Waals surface area contributed by atoms with E-state index in [0.29, 0.717) is 26.4 Å². The number of nitrogens with one attached hydrogen (secondary N) is 1. The van der Waals surface area contributed by atoms with Crippen molar-refractivity contribution in [2.24, 2.45) is 5.84 Å². The lowest BCUT2D eigenvalue weighted by atomic mass is 10.0. The first-order chi connectivity index (χ1) is 13.0. The fourth-order valence-electron chi connectivity index (χ4n) is 3.14. The summed E-state index contributed by atoms with van der Waals surface area (Å²) in [6.45, 7) is 0. The summed E-state index contributed by atoms with van der Waals surface area (Å²) in [5.41, 5.74) is 5.68. The summed E-state index contributed by atoms with van der Waals surface area (Å²) >= 11 is 18.5. The van der Waals surface area contributed by atoms with E-state index in [0.717, 1.165) is 29.7 Å². The monoisotopic (exact) mass is 420 g/mol. The molecular formula is C19H15Cl3N4O. The maximum Gasteiger partial charge on any atom is 0.285 e. The number of hydrogen-bond acceptors (Lipinski definition) is 3. The summed E-state index contributed by atoms with van der Waals surface area (Å²) in [5.74, 6) is 5.21. The van der Waals surface area contributed by atoms with Crippen molar-refractivity contribution in [3.63, 3.8) is 0 Å². The van der Waals surface area contributed by atoms with Crippen LogP contribution in [0.25, 0.3) is 16.9 Å². The Bertz CT molecular complexity index is 1030. The van der Waals surface area contributed by atoms with E-state index >= 15 is 0 Å². The number of carbonyl (C=O) groups is 1. The van der Waals surface area contributed by atoms with E-state index in [1.54, 1.807) is 35.0 Å². The molecule has 138 valence electrons. The number of hydrogen-bond donors (Lipinski definition) is 2. The highest BCUT2D eigenvalue weighted by Crippen LogP contribution is 2.47. The Morgan fingerprint density at radius 2 is 1.74 bits per heavy atom. The third-order valence-corrected chi connectivity index (χ3v) is 5.30. The molecule has 1 aromatic heterocycles. The van der Waals surface area contributed by atoms with E-state index in [1.165, 1.54) is 0 Å². The summed E-state index contributed by atoms with van der Waals surface area (Å²) in [6.07, 6.45) is 1.98. The van der Waals surface area contributed by atoms with E-state index in [1.807, 2.05) is 12.1 Å². The topological polar surface area (TPSA) is 72.9 Å². The van der Waals surface area contributed by atoms with Crippen molar-refractivity contribution in [3.05, 3.63) is 68.8 Å². The minimum absolute atomic E-state index is 0.253. The Labute approximate surface area is 171 Å². The van der Waals surface area contributed by atoms with Gasteiger partial charge >= 0.3 is 0 Å². The van der Waals surface area contributed by atoms with Gasteiger partial charge in [0.05, 0.1) is 16.4 Å². The standard InChI is InChI=1S/C19H15Cl3N4O/c20-12-5-3-11(4-6-12)18-16(10-1-2-10)17(19(27)24-23)25-26(18)15-8-7-13(21)9-14(15)22/h3-10H,1-2,23H2,(H,24,27). The first-order valence-corrected chi connectivity index (χ1v) is 9.48. The Kier molecular flexibility index (Phi) is 4.86. The van der Waals surface area contributed by atoms with Gasteiger partial charge in [-0.2, -0.15) is 5.10 Å². The van der Waals surface area contributed by atoms with Gasteiger partial charge in [-0.25, -0.2) is 10.5 Å². The van der Waals surface area contributed by atoms with Crippen LogP contribution in [0, 0.1) is 0 Å². The smallest absolute Gasteiger partial charge is 0.285 e. The number of amides is 1. The van der Waals surface area contributed by atoms with Crippen molar-refractivity contribution in [2.45, 2.75) is 18.8 Å². The van der Waals surface area contributed by atoms with E-state index in [2.05, 4.69) is 10.5 Å². The van der Waals surface area contributed by atoms with Gasteiger partial charge in [0, 0.05) is 21.2 Å². The number of halogens is 3. The van der Waals surface area contributed by atoms with E-state index in [4.69, 9.17) is 40.6 Å². The molecule has 1 amide bonds. The Hall–Kier alpha value is -2.05. The average molecular weight is 422 g/mol. The second kappa shape index (κ2) is 7.17. The molecule has 8 heteroatoms. The lowest BCUT2D eigenvalue weighted by molar-refractivity contribution is 0.0947. The van der Waals surface area contributed by atoms with Crippen LogP contribution in [0.5, 0.6) is 0 Å². The Balaban J connectivity index is 2.02. The highest BCUT2D eigenvalue weighted by molar-refractivity contribution is 6.35. The van der Waals surface area contributed by atoms with Gasteiger partial charge in [0.15, 0.2) is 5.69 Å². The zero-order valence-corrected chi connectivity index (χ0v) is 16.3. The third kappa shape index (κ3) is 3.44. The van der Waals surface area contributed by atoms with Crippen molar-refractivity contribution in [1.29, 1.82) is 0 Å². The molecule has 0 saturated heterocycles. The van der Waals surface area contributed by atoms with E-state index in [9.17, 15) is 4.79 Å². The lowest BCUT2D eigenvalue weighted by Crippen LogP contribution is -2.31. The average Bonchev–Trinajstić information content (AvgIpc) is 3.42. The molecule has 3 aromatic rings. The Morgan fingerprint density at radius 1 is 1.07 bits per heavy atom. The van der Waals surface area contributed by atoms with Crippen LogP contribution in [-0.2, 0) is 0 Å². The highest BCUT2D eigenvalue weighted by Gasteiger charge is 2.35. The number of nitrogens with zero attached hydrogens (tertiary/aromatic N) is 2. The molecule has 1 fully saturated rings. The van der Waals surface area contributed by atoms with Gasteiger partial charge in [0.1, 0.15) is 0 Å². The summed E-state index contributed by atoms with van der Waals surface area (Å²) in [6, 6.07) is 12.6. The second-order valence-corrected chi connectivity index (χ2v) is 7.65. The molecule has 0 bridgehead atoms. The maximum atomic E-state index is 12.4. The van der Waals surface area contributed by atoms with Crippen LogP contribution in [0.15, 0.2) is 42.5 Å². The summed E-state index contributed by atoms with van der Waals surface area (Å²) in [7, 11) is 0. The summed E-state index contributed by atoms with van der Waals surface area (Å²) < 4.78 is 1.68. The Morgan fingerprint density at radius 3 is 2.33 bits per heavy atom. The highest BCUT2D eigenvalue weighted by atomic mass is 35.5. The molecule has 0 atom stereocenters. The first-order valence-electron chi connectivity index (χ1n) is 8.35. The van der Waals surface area contributed by atoms with Crippen LogP contribution in [0.3, 0.4) is 0 Å². The normalized spacial score (nSPS) is 13.6. The first kappa shape index (κ1) is 18.3. The number of carbonyl (C=O) groups excluding carboxylic acids is 1. The fourth-order valence-corrected chi connectivity index (χ4v) is 3.75. The van der Waals surface area contributed by atoms with Crippen molar-refractivity contribution >= 4 is 40.7 Å². The molecule has 0 aliphatic heterocycles. The second-order valence-electron chi connectivity index (χ2n) is 6.37. The molecule has 1 heterocycles. The molecule has 27 heavy (non-hydrogen) atoms. The molecular weight excluding hydrogens is 407 g/mol. The number of nitrogen functional groups attached to an aromatic ring is 1. The largest absolute Gasteiger partial charge is 0.289 e. The van der Waals surface area contributed by atoms with E-state index in [-0.39, 0.29) is 5.92 Å². The van der Waals surface area contributed by atoms with Gasteiger partial charge in [0.2, 0.25) is 0 Å². The number of hydrazine groups is 1. The number of rotatable bonds is 4. The molecule has 3 N–H and O–H groups in total. The zero-order chi connectivity index (χ0) is 19.1. The van der Waals surface area contributed by atoms with Crippen LogP contribution >= 0.6 is 34.8 Å². The minimum Gasteiger partial charge on any atom is -0.289 e. The molecule has 1 aliphatic rings. The van der Waals surface area contributed by atoms with Crippen molar-refractivity contribution in [2.75, 3.05) is 0 Å². The summed E-state index contributed by atoms with van der Waals surface area (Å²) in [5, 5.41) is 6.15. The van der Waals surface area contributed by atoms with Crippen LogP contribution in [0.2, 0.25) is 15.1 Å². The SMILES string of the molecule is NNC(=O)c1nn(-c2ccc(Cl)cc2Cl)c(-c2ccc(Cl)cc2)c1C1CC1. The molecule has 0 radical (unpaired) electrons. The molecule has 0 spiro atoms. The van der Waals surface area contributed by atoms with Crippen LogP contribution in [0.4, 0.5) is 0 Å². The van der Waals surface area contributed by atoms with Crippen molar-refractivity contribution in [3.8, 4) is 16.9 Å². The fraction of sp³-hybridized carbons (Fsp3) is 0.158. The van der Waals surface area contributed by atoms with Gasteiger partial charge in [0.25, 0.3) is 5.91 Å². The minimum atomic E-state index is -0.434. The molecule has 4 rings (SSSR count). The molecule has 2 aromatic carbocycles. The predicted molar refractivity (Wildman–Crippen MR) is 108 cm³/mol. The van der Waals surface area contributed by atoms with Gasteiger partial charge < -0.3 is 0 Å². The number of benzene rings is 2. The molecule has 0 unspecified atom stereocenters. The van der Waals surface area contributed by atoms with E-state index < -0.39 is 5.91 Å². The van der Waals surface area contributed by atoms with Gasteiger partial charge in [-0.05, 0) is 49.1 Å². The van der Waals surface area contributed by atoms with Crippen LogP contribution in [-0.4, -0.2) is 15.7 Å². The van der Waals surface area contributed by atoms with Crippen molar-refractivity contribution in [1.82, 2.24) is 15.2 Å². The zero-order valence-electron chi connectivity index (χ0n) is 14.0. The molecule has 5 nitrogen and oxygen atoms in total. The van der Waals surface area contributed by atoms with Gasteiger partial charge in [-0.3, -0.25) is 10.2 Å². The third-order valence-electron chi connectivity index (χ3n) is 4.51. The molecule has 1 aliphatic carbocycles. The molecule has 1 saturated carbocycles. The van der Waals surface area contributed by atoms with Gasteiger partial charge in [-0.1, -0.05) is 46.9 Å². The lowest BCUT2D eigenvalue weighted by Gasteiger charge is -2.12. The quantitative estimate of drug-likeness (QED) is 0.354. The predicted octanol–water partition coefficient (Wildman–Crippen LogP) is 4.98.